The van der Waals surface area contributed by atoms with Crippen molar-refractivity contribution in [1.82, 2.24) is 9.97 Å². The second kappa shape index (κ2) is 8.79. The minimum absolute atomic E-state index is 0.651. The van der Waals surface area contributed by atoms with E-state index in [9.17, 15) is 0 Å². The molecule has 0 radical (unpaired) electrons. The molecular formula is C13H23N3O. The van der Waals surface area contributed by atoms with Gasteiger partial charge in [-0.25, -0.2) is 4.98 Å². The highest BCUT2D eigenvalue weighted by Crippen LogP contribution is 2.09. The molecule has 0 aliphatic carbocycles. The topological polar surface area (TPSA) is 47.0 Å². The van der Waals surface area contributed by atoms with Crippen molar-refractivity contribution < 1.29 is 4.74 Å². The summed E-state index contributed by atoms with van der Waals surface area (Å²) in [6, 6.07) is 1.79. The molecule has 4 heteroatoms. The lowest BCUT2D eigenvalue weighted by molar-refractivity contribution is 0.305. The molecule has 0 bridgehead atoms. The monoisotopic (exact) mass is 237 g/mol. The molecular weight excluding hydrogens is 214 g/mol. The van der Waals surface area contributed by atoms with Crippen molar-refractivity contribution in [2.45, 2.75) is 46.0 Å². The van der Waals surface area contributed by atoms with Gasteiger partial charge in [0.15, 0.2) is 0 Å². The fourth-order valence-electron chi connectivity index (χ4n) is 1.47. The maximum Gasteiger partial charge on any atom is 0.225 e. The molecule has 96 valence electrons. The number of aromatic nitrogens is 2. The van der Waals surface area contributed by atoms with E-state index in [1.165, 1.54) is 19.3 Å². The van der Waals surface area contributed by atoms with Crippen molar-refractivity contribution in [2.75, 3.05) is 18.5 Å². The molecule has 0 amide bonds. The largest absolute Gasteiger partial charge is 0.478 e. The summed E-state index contributed by atoms with van der Waals surface area (Å²) in [5, 5.41) is 3.22. The summed E-state index contributed by atoms with van der Waals surface area (Å²) >= 11 is 0. The maximum atomic E-state index is 5.45. The molecule has 0 atom stereocenters. The normalized spacial score (nSPS) is 10.2. The summed E-state index contributed by atoms with van der Waals surface area (Å²) < 4.78 is 5.45. The third-order valence-electron chi connectivity index (χ3n) is 2.40. The molecule has 0 spiro atoms. The second-order valence-corrected chi connectivity index (χ2v) is 4.05. The number of ether oxygens (including phenoxy) is 1. The van der Waals surface area contributed by atoms with E-state index in [1.807, 2.05) is 0 Å². The molecule has 1 rings (SSSR count). The molecule has 0 saturated carbocycles. The van der Waals surface area contributed by atoms with Gasteiger partial charge in [0.05, 0.1) is 6.61 Å². The second-order valence-electron chi connectivity index (χ2n) is 4.05. The van der Waals surface area contributed by atoms with Gasteiger partial charge in [0, 0.05) is 18.8 Å². The zero-order valence-electron chi connectivity index (χ0n) is 10.9. The summed E-state index contributed by atoms with van der Waals surface area (Å²) in [6.07, 6.45) is 7.70. The van der Waals surface area contributed by atoms with Crippen LogP contribution >= 0.6 is 0 Å². The highest BCUT2D eigenvalue weighted by Gasteiger charge is 1.98. The van der Waals surface area contributed by atoms with Crippen LogP contribution in [0.15, 0.2) is 12.3 Å². The Hall–Kier alpha value is -1.32. The van der Waals surface area contributed by atoms with Crippen molar-refractivity contribution in [3.63, 3.8) is 0 Å². The fourth-order valence-corrected chi connectivity index (χ4v) is 1.47. The average molecular weight is 237 g/mol. The predicted molar refractivity (Wildman–Crippen MR) is 70.4 cm³/mol. The molecule has 0 aromatic carbocycles. The van der Waals surface area contributed by atoms with Gasteiger partial charge in [0.1, 0.15) is 0 Å². The Kier molecular flexibility index (Phi) is 7.11. The zero-order valence-corrected chi connectivity index (χ0v) is 10.9. The van der Waals surface area contributed by atoms with Crippen molar-refractivity contribution in [2.24, 2.45) is 0 Å². The Labute approximate surface area is 104 Å². The van der Waals surface area contributed by atoms with Crippen LogP contribution in [0.5, 0.6) is 5.88 Å². The van der Waals surface area contributed by atoms with Crippen LogP contribution in [0.1, 0.15) is 46.0 Å². The summed E-state index contributed by atoms with van der Waals surface area (Å²) in [5.74, 6) is 1.31. The van der Waals surface area contributed by atoms with E-state index < -0.39 is 0 Å². The number of anilines is 1. The molecule has 0 saturated heterocycles. The summed E-state index contributed by atoms with van der Waals surface area (Å²) in [5.41, 5.74) is 0. The molecule has 0 fully saturated rings. The smallest absolute Gasteiger partial charge is 0.225 e. The number of rotatable bonds is 9. The van der Waals surface area contributed by atoms with Crippen LogP contribution in [-0.4, -0.2) is 23.1 Å². The van der Waals surface area contributed by atoms with Gasteiger partial charge in [0.2, 0.25) is 11.8 Å². The van der Waals surface area contributed by atoms with E-state index >= 15 is 0 Å². The number of unbranched alkanes of at least 4 members (excludes halogenated alkanes) is 3. The number of hydrogen-bond acceptors (Lipinski definition) is 4. The fraction of sp³-hybridized carbons (Fsp3) is 0.692. The summed E-state index contributed by atoms with van der Waals surface area (Å²) in [6.45, 7) is 5.92. The zero-order chi connectivity index (χ0) is 12.3. The maximum absolute atomic E-state index is 5.45. The number of hydrogen-bond donors (Lipinski definition) is 1. The molecule has 1 heterocycles. The summed E-state index contributed by atoms with van der Waals surface area (Å²) in [4.78, 5) is 8.45. The van der Waals surface area contributed by atoms with E-state index in [1.54, 1.807) is 12.3 Å². The Morgan fingerprint density at radius 2 is 2.06 bits per heavy atom. The van der Waals surface area contributed by atoms with Crippen LogP contribution in [0, 0.1) is 0 Å². The third-order valence-corrected chi connectivity index (χ3v) is 2.40. The van der Waals surface area contributed by atoms with Gasteiger partial charge in [-0.15, -0.1) is 0 Å². The van der Waals surface area contributed by atoms with Gasteiger partial charge in [-0.2, -0.15) is 4.98 Å². The molecule has 1 aromatic rings. The van der Waals surface area contributed by atoms with Crippen molar-refractivity contribution in [3.05, 3.63) is 12.3 Å². The molecule has 17 heavy (non-hydrogen) atoms. The average Bonchev–Trinajstić information content (AvgIpc) is 2.37. The Morgan fingerprint density at radius 3 is 2.82 bits per heavy atom. The van der Waals surface area contributed by atoms with E-state index in [4.69, 9.17) is 4.74 Å². The van der Waals surface area contributed by atoms with E-state index in [-0.39, 0.29) is 0 Å². The quantitative estimate of drug-likeness (QED) is 0.670. The van der Waals surface area contributed by atoms with Crippen LogP contribution in [0.4, 0.5) is 5.95 Å². The first-order chi connectivity index (χ1) is 8.36. The van der Waals surface area contributed by atoms with Crippen molar-refractivity contribution in [1.29, 1.82) is 0 Å². The first-order valence-corrected chi connectivity index (χ1v) is 6.56. The highest BCUT2D eigenvalue weighted by atomic mass is 16.5. The van der Waals surface area contributed by atoms with Crippen LogP contribution in [-0.2, 0) is 0 Å². The van der Waals surface area contributed by atoms with Gasteiger partial charge >= 0.3 is 0 Å². The number of nitrogens with one attached hydrogen (secondary N) is 1. The van der Waals surface area contributed by atoms with Crippen LogP contribution in [0.2, 0.25) is 0 Å². The summed E-state index contributed by atoms with van der Waals surface area (Å²) in [7, 11) is 0. The standard InChI is InChI=1S/C13H23N3O/c1-3-5-6-7-9-14-13-15-10-8-12(16-13)17-11-4-2/h8,10H,3-7,9,11H2,1-2H3,(H,14,15,16). The molecule has 0 unspecified atom stereocenters. The SMILES string of the molecule is CCCCCCNc1nccc(OCCC)n1. The van der Waals surface area contributed by atoms with E-state index in [2.05, 4.69) is 29.1 Å². The minimum Gasteiger partial charge on any atom is -0.478 e. The molecule has 4 nitrogen and oxygen atoms in total. The third kappa shape index (κ3) is 6.09. The Bertz CT molecular complexity index is 304. The van der Waals surface area contributed by atoms with Gasteiger partial charge < -0.3 is 10.1 Å². The minimum atomic E-state index is 0.651. The van der Waals surface area contributed by atoms with E-state index in [0.29, 0.717) is 18.4 Å². The first kappa shape index (κ1) is 13.7. The van der Waals surface area contributed by atoms with Gasteiger partial charge in [-0.05, 0) is 12.8 Å². The lowest BCUT2D eigenvalue weighted by Crippen LogP contribution is -2.06. The predicted octanol–water partition coefficient (Wildman–Crippen LogP) is 3.26. The highest BCUT2D eigenvalue weighted by molar-refractivity contribution is 5.27. The Balaban J connectivity index is 2.27. The molecule has 0 aliphatic heterocycles. The van der Waals surface area contributed by atoms with Crippen LogP contribution in [0.3, 0.4) is 0 Å². The van der Waals surface area contributed by atoms with Crippen molar-refractivity contribution in [3.8, 4) is 5.88 Å². The van der Waals surface area contributed by atoms with Crippen molar-refractivity contribution >= 4 is 5.95 Å². The van der Waals surface area contributed by atoms with E-state index in [0.717, 1.165) is 19.4 Å². The van der Waals surface area contributed by atoms with Gasteiger partial charge in [0.25, 0.3) is 0 Å². The first-order valence-electron chi connectivity index (χ1n) is 6.56. The van der Waals surface area contributed by atoms with Crippen LogP contribution < -0.4 is 10.1 Å². The molecule has 1 N–H and O–H groups in total. The lowest BCUT2D eigenvalue weighted by atomic mass is 10.2. The Morgan fingerprint density at radius 1 is 1.18 bits per heavy atom. The molecule has 1 aromatic heterocycles. The lowest BCUT2D eigenvalue weighted by Gasteiger charge is -2.06. The number of nitrogens with zero attached hydrogens (tertiary/aromatic N) is 2. The van der Waals surface area contributed by atoms with Crippen LogP contribution in [0.25, 0.3) is 0 Å². The van der Waals surface area contributed by atoms with Gasteiger partial charge in [-0.1, -0.05) is 33.1 Å². The van der Waals surface area contributed by atoms with Gasteiger partial charge in [-0.3, -0.25) is 0 Å². The molecule has 0 aliphatic rings.